The molecule has 0 fully saturated rings. The molecule has 30 heavy (non-hydrogen) atoms. The molecule has 2 aromatic heterocycles. The second-order valence-electron chi connectivity index (χ2n) is 7.06. The first kappa shape index (κ1) is 20.4. The molecule has 0 aliphatic carbocycles. The molecule has 1 amide bonds. The Bertz CT molecular complexity index is 1010. The lowest BCUT2D eigenvalue weighted by atomic mass is 10.1. The van der Waals surface area contributed by atoms with Gasteiger partial charge in [0.1, 0.15) is 11.5 Å². The SMILES string of the molecule is CN(C)Cc1ccc(CSCCNC(=O)c2cc(-c3ccc4c(c3)OCO4)on2)o1. The Kier molecular flexibility index (Phi) is 6.29. The van der Waals surface area contributed by atoms with E-state index in [4.69, 9.17) is 18.4 Å². The Morgan fingerprint density at radius 1 is 1.13 bits per heavy atom. The van der Waals surface area contributed by atoms with Gasteiger partial charge in [0.05, 0.1) is 12.3 Å². The Morgan fingerprint density at radius 3 is 2.83 bits per heavy atom. The number of hydrogen-bond donors (Lipinski definition) is 1. The first-order valence-electron chi connectivity index (χ1n) is 9.53. The molecule has 8 nitrogen and oxygen atoms in total. The van der Waals surface area contributed by atoms with Gasteiger partial charge in [0.2, 0.25) is 6.79 Å². The van der Waals surface area contributed by atoms with Crippen LogP contribution in [0, 0.1) is 0 Å². The summed E-state index contributed by atoms with van der Waals surface area (Å²) in [6, 6.07) is 11.1. The van der Waals surface area contributed by atoms with Crippen LogP contribution in [0.1, 0.15) is 22.0 Å². The zero-order valence-corrected chi connectivity index (χ0v) is 17.7. The van der Waals surface area contributed by atoms with Crippen molar-refractivity contribution in [1.82, 2.24) is 15.4 Å². The van der Waals surface area contributed by atoms with Crippen molar-refractivity contribution in [3.63, 3.8) is 0 Å². The maximum atomic E-state index is 12.3. The lowest BCUT2D eigenvalue weighted by Crippen LogP contribution is -2.25. The Morgan fingerprint density at radius 2 is 1.97 bits per heavy atom. The molecule has 1 N–H and O–H groups in total. The number of benzene rings is 1. The highest BCUT2D eigenvalue weighted by Gasteiger charge is 2.17. The van der Waals surface area contributed by atoms with Gasteiger partial charge in [-0.1, -0.05) is 5.16 Å². The van der Waals surface area contributed by atoms with E-state index in [0.717, 1.165) is 35.1 Å². The standard InChI is InChI=1S/C21H23N3O5S/c1-24(2)11-15-4-5-16(28-15)12-30-8-7-22-21(25)17-10-19(29-23-17)14-3-6-18-20(9-14)27-13-26-18/h3-6,9-10H,7-8,11-13H2,1-2H3,(H,22,25). The quantitative estimate of drug-likeness (QED) is 0.518. The molecule has 3 heterocycles. The molecule has 158 valence electrons. The van der Waals surface area contributed by atoms with Crippen molar-refractivity contribution in [1.29, 1.82) is 0 Å². The van der Waals surface area contributed by atoms with E-state index in [1.165, 1.54) is 0 Å². The Hall–Kier alpha value is -2.91. The van der Waals surface area contributed by atoms with E-state index in [9.17, 15) is 4.79 Å². The second kappa shape index (κ2) is 9.27. The number of aromatic nitrogens is 1. The minimum Gasteiger partial charge on any atom is -0.464 e. The van der Waals surface area contributed by atoms with Gasteiger partial charge in [0.25, 0.3) is 5.91 Å². The van der Waals surface area contributed by atoms with Crippen LogP contribution in [0.2, 0.25) is 0 Å². The van der Waals surface area contributed by atoms with E-state index < -0.39 is 0 Å². The topological polar surface area (TPSA) is 90.0 Å². The van der Waals surface area contributed by atoms with Crippen molar-refractivity contribution in [3.05, 3.63) is 53.6 Å². The van der Waals surface area contributed by atoms with Crippen molar-refractivity contribution in [2.24, 2.45) is 0 Å². The average molecular weight is 429 g/mol. The van der Waals surface area contributed by atoms with E-state index in [-0.39, 0.29) is 18.4 Å². The monoisotopic (exact) mass is 429 g/mol. The number of rotatable bonds is 9. The summed E-state index contributed by atoms with van der Waals surface area (Å²) >= 11 is 1.70. The summed E-state index contributed by atoms with van der Waals surface area (Å²) in [7, 11) is 4.01. The molecular weight excluding hydrogens is 406 g/mol. The van der Waals surface area contributed by atoms with Crippen molar-refractivity contribution < 1.29 is 23.2 Å². The number of amides is 1. The fraction of sp³-hybridized carbons (Fsp3) is 0.333. The normalized spacial score (nSPS) is 12.5. The summed E-state index contributed by atoms with van der Waals surface area (Å²) in [5.74, 6) is 5.00. The number of nitrogens with zero attached hydrogens (tertiary/aromatic N) is 2. The maximum absolute atomic E-state index is 12.3. The number of nitrogens with one attached hydrogen (secondary N) is 1. The van der Waals surface area contributed by atoms with Crippen molar-refractivity contribution in [2.45, 2.75) is 12.3 Å². The van der Waals surface area contributed by atoms with Crippen molar-refractivity contribution in [3.8, 4) is 22.8 Å². The predicted molar refractivity (Wildman–Crippen MR) is 113 cm³/mol. The van der Waals surface area contributed by atoms with Crippen LogP contribution >= 0.6 is 11.8 Å². The number of thioether (sulfide) groups is 1. The van der Waals surface area contributed by atoms with Crippen molar-refractivity contribution in [2.75, 3.05) is 33.2 Å². The van der Waals surface area contributed by atoms with E-state index in [1.54, 1.807) is 30.0 Å². The summed E-state index contributed by atoms with van der Waals surface area (Å²) in [5, 5.41) is 6.73. The third-order valence-electron chi connectivity index (χ3n) is 4.37. The summed E-state index contributed by atoms with van der Waals surface area (Å²) < 4.78 is 21.8. The first-order chi connectivity index (χ1) is 14.6. The molecule has 4 rings (SSSR count). The molecule has 1 aromatic carbocycles. The van der Waals surface area contributed by atoms with Crippen LogP contribution in [0.3, 0.4) is 0 Å². The van der Waals surface area contributed by atoms with Crippen LogP contribution in [0.25, 0.3) is 11.3 Å². The van der Waals surface area contributed by atoms with E-state index in [0.29, 0.717) is 23.8 Å². The molecule has 0 unspecified atom stereocenters. The van der Waals surface area contributed by atoms with Gasteiger partial charge in [-0.15, -0.1) is 0 Å². The molecule has 0 radical (unpaired) electrons. The van der Waals surface area contributed by atoms with Crippen LogP contribution in [0.4, 0.5) is 0 Å². The predicted octanol–water partition coefficient (Wildman–Crippen LogP) is 3.39. The summed E-state index contributed by atoms with van der Waals surface area (Å²) in [5.41, 5.74) is 1.01. The molecule has 0 saturated carbocycles. The van der Waals surface area contributed by atoms with Gasteiger partial charge < -0.3 is 28.6 Å². The largest absolute Gasteiger partial charge is 0.464 e. The van der Waals surface area contributed by atoms with Crippen LogP contribution < -0.4 is 14.8 Å². The highest BCUT2D eigenvalue weighted by Crippen LogP contribution is 2.36. The highest BCUT2D eigenvalue weighted by molar-refractivity contribution is 7.98. The smallest absolute Gasteiger partial charge is 0.273 e. The summed E-state index contributed by atoms with van der Waals surface area (Å²) in [4.78, 5) is 14.4. The van der Waals surface area contributed by atoms with Gasteiger partial charge in [0, 0.05) is 23.9 Å². The lowest BCUT2D eigenvalue weighted by Gasteiger charge is -2.05. The third kappa shape index (κ3) is 4.98. The van der Waals surface area contributed by atoms with Gasteiger partial charge in [0.15, 0.2) is 23.0 Å². The zero-order valence-electron chi connectivity index (χ0n) is 16.8. The molecule has 0 spiro atoms. The fourth-order valence-electron chi connectivity index (χ4n) is 2.96. The molecule has 9 heteroatoms. The van der Waals surface area contributed by atoms with Gasteiger partial charge in [-0.3, -0.25) is 4.79 Å². The second-order valence-corrected chi connectivity index (χ2v) is 8.16. The minimum absolute atomic E-state index is 0.206. The Labute approximate surface area is 178 Å². The van der Waals surface area contributed by atoms with Gasteiger partial charge in [-0.05, 0) is 44.4 Å². The first-order valence-corrected chi connectivity index (χ1v) is 10.7. The molecule has 3 aromatic rings. The zero-order chi connectivity index (χ0) is 20.9. The number of carbonyl (C=O) groups excluding carboxylic acids is 1. The van der Waals surface area contributed by atoms with Crippen LogP contribution in [-0.4, -0.2) is 49.1 Å². The number of ether oxygens (including phenoxy) is 2. The maximum Gasteiger partial charge on any atom is 0.273 e. The average Bonchev–Trinajstić information content (AvgIpc) is 3.47. The van der Waals surface area contributed by atoms with Gasteiger partial charge in [-0.2, -0.15) is 11.8 Å². The number of furan rings is 1. The molecule has 0 bridgehead atoms. The van der Waals surface area contributed by atoms with Crippen LogP contribution in [-0.2, 0) is 12.3 Å². The highest BCUT2D eigenvalue weighted by atomic mass is 32.2. The lowest BCUT2D eigenvalue weighted by molar-refractivity contribution is 0.0947. The molecule has 0 saturated heterocycles. The molecule has 1 aliphatic rings. The van der Waals surface area contributed by atoms with Gasteiger partial charge in [-0.25, -0.2) is 0 Å². The third-order valence-corrected chi connectivity index (χ3v) is 5.35. The number of carbonyl (C=O) groups is 1. The van der Waals surface area contributed by atoms with E-state index in [1.807, 2.05) is 32.3 Å². The van der Waals surface area contributed by atoms with Crippen molar-refractivity contribution >= 4 is 17.7 Å². The van der Waals surface area contributed by atoms with E-state index >= 15 is 0 Å². The molecule has 1 aliphatic heterocycles. The van der Waals surface area contributed by atoms with Crippen LogP contribution in [0.5, 0.6) is 11.5 Å². The van der Waals surface area contributed by atoms with Crippen LogP contribution in [0.15, 0.2) is 45.3 Å². The number of fused-ring (bicyclic) bond motifs is 1. The molecule has 0 atom stereocenters. The molecular formula is C21H23N3O5S. The Balaban J connectivity index is 1.22. The van der Waals surface area contributed by atoms with Gasteiger partial charge >= 0.3 is 0 Å². The minimum atomic E-state index is -0.266. The van der Waals surface area contributed by atoms with E-state index in [2.05, 4.69) is 15.4 Å². The fourth-order valence-corrected chi connectivity index (χ4v) is 3.71. The number of hydrogen-bond acceptors (Lipinski definition) is 8. The summed E-state index contributed by atoms with van der Waals surface area (Å²) in [6.07, 6.45) is 0. The summed E-state index contributed by atoms with van der Waals surface area (Å²) in [6.45, 7) is 1.52.